The van der Waals surface area contributed by atoms with Crippen LogP contribution in [0.25, 0.3) is 11.5 Å². The third-order valence-corrected chi connectivity index (χ3v) is 4.77. The quantitative estimate of drug-likeness (QED) is 0.299. The molecule has 4 aromatic rings. The van der Waals surface area contributed by atoms with Crippen molar-refractivity contribution < 1.29 is 14.1 Å². The smallest absolute Gasteiger partial charge is 0.269 e. The molecule has 8 heteroatoms. The highest BCUT2D eigenvalue weighted by Gasteiger charge is 2.15. The SMILES string of the molecule is COc1ccc(N(Cc2ccccc2)Cc2nnc(-c3ccc([N+](=O)[O-])cc3)o2)cc1. The van der Waals surface area contributed by atoms with Crippen LogP contribution in [0.15, 0.2) is 83.3 Å². The van der Waals surface area contributed by atoms with E-state index >= 15 is 0 Å². The van der Waals surface area contributed by atoms with Crippen molar-refractivity contribution in [3.05, 3.63) is 100 Å². The maximum absolute atomic E-state index is 10.8. The van der Waals surface area contributed by atoms with Gasteiger partial charge in [0.1, 0.15) is 5.75 Å². The summed E-state index contributed by atoms with van der Waals surface area (Å²) in [5.74, 6) is 1.54. The summed E-state index contributed by atoms with van der Waals surface area (Å²) in [5, 5.41) is 19.1. The Hall–Kier alpha value is -4.20. The van der Waals surface area contributed by atoms with Crippen molar-refractivity contribution >= 4 is 11.4 Å². The van der Waals surface area contributed by atoms with Gasteiger partial charge in [-0.3, -0.25) is 10.1 Å². The molecule has 156 valence electrons. The summed E-state index contributed by atoms with van der Waals surface area (Å²) >= 11 is 0. The first-order valence-electron chi connectivity index (χ1n) is 9.62. The van der Waals surface area contributed by atoms with Gasteiger partial charge in [0.2, 0.25) is 11.8 Å². The van der Waals surface area contributed by atoms with Crippen LogP contribution in [0.3, 0.4) is 0 Å². The predicted octanol–water partition coefficient (Wildman–Crippen LogP) is 4.86. The third kappa shape index (κ3) is 4.87. The summed E-state index contributed by atoms with van der Waals surface area (Å²) in [5.41, 5.74) is 2.77. The first kappa shape index (κ1) is 20.1. The molecule has 0 fully saturated rings. The molecule has 0 N–H and O–H groups in total. The van der Waals surface area contributed by atoms with E-state index in [-0.39, 0.29) is 5.69 Å². The molecule has 0 radical (unpaired) electrons. The monoisotopic (exact) mass is 416 g/mol. The molecule has 0 saturated carbocycles. The topological polar surface area (TPSA) is 94.5 Å². The van der Waals surface area contributed by atoms with E-state index < -0.39 is 4.92 Å². The number of non-ortho nitro benzene ring substituents is 1. The molecule has 1 heterocycles. The number of benzene rings is 3. The summed E-state index contributed by atoms with van der Waals surface area (Å²) in [6.07, 6.45) is 0. The minimum Gasteiger partial charge on any atom is -0.497 e. The maximum atomic E-state index is 10.8. The Kier molecular flexibility index (Phi) is 5.89. The normalized spacial score (nSPS) is 10.6. The fourth-order valence-corrected chi connectivity index (χ4v) is 3.16. The standard InChI is InChI=1S/C23H20N4O4/c1-30-21-13-11-19(12-14-21)26(15-17-5-3-2-4-6-17)16-22-24-25-23(31-22)18-7-9-20(10-8-18)27(28)29/h2-14H,15-16H2,1H3. The van der Waals surface area contributed by atoms with Gasteiger partial charge in [-0.05, 0) is 42.0 Å². The number of hydrogen-bond acceptors (Lipinski definition) is 7. The van der Waals surface area contributed by atoms with Crippen LogP contribution in [-0.4, -0.2) is 22.2 Å². The molecule has 0 aliphatic carbocycles. The van der Waals surface area contributed by atoms with Gasteiger partial charge in [-0.2, -0.15) is 0 Å². The molecule has 4 rings (SSSR count). The Morgan fingerprint density at radius 2 is 1.65 bits per heavy atom. The van der Waals surface area contributed by atoms with Crippen molar-refractivity contribution in [1.82, 2.24) is 10.2 Å². The van der Waals surface area contributed by atoms with Crippen LogP contribution < -0.4 is 9.64 Å². The van der Waals surface area contributed by atoms with Crippen LogP contribution in [0.5, 0.6) is 5.75 Å². The molecule has 0 unspecified atom stereocenters. The van der Waals surface area contributed by atoms with Crippen LogP contribution in [0.1, 0.15) is 11.5 Å². The number of anilines is 1. The van der Waals surface area contributed by atoms with Crippen LogP contribution in [-0.2, 0) is 13.1 Å². The highest BCUT2D eigenvalue weighted by molar-refractivity contribution is 5.55. The Morgan fingerprint density at radius 3 is 2.29 bits per heavy atom. The van der Waals surface area contributed by atoms with Crippen LogP contribution >= 0.6 is 0 Å². The van der Waals surface area contributed by atoms with Crippen LogP contribution in [0.2, 0.25) is 0 Å². The number of methoxy groups -OCH3 is 1. The maximum Gasteiger partial charge on any atom is 0.269 e. The van der Waals surface area contributed by atoms with Crippen molar-refractivity contribution in [2.24, 2.45) is 0 Å². The average Bonchev–Trinajstić information content (AvgIpc) is 3.28. The summed E-state index contributed by atoms with van der Waals surface area (Å²) in [7, 11) is 1.63. The van der Waals surface area contributed by atoms with Gasteiger partial charge in [0.15, 0.2) is 0 Å². The van der Waals surface area contributed by atoms with E-state index in [9.17, 15) is 10.1 Å². The van der Waals surface area contributed by atoms with Gasteiger partial charge in [-0.25, -0.2) is 0 Å². The van der Waals surface area contributed by atoms with E-state index in [2.05, 4.69) is 27.2 Å². The lowest BCUT2D eigenvalue weighted by Gasteiger charge is -2.23. The second-order valence-electron chi connectivity index (χ2n) is 6.84. The van der Waals surface area contributed by atoms with E-state index in [1.54, 1.807) is 19.2 Å². The molecule has 0 amide bonds. The summed E-state index contributed by atoms with van der Waals surface area (Å²) in [6.45, 7) is 1.06. The Balaban J connectivity index is 1.57. The minimum atomic E-state index is -0.445. The predicted molar refractivity (Wildman–Crippen MR) is 116 cm³/mol. The van der Waals surface area contributed by atoms with E-state index in [0.717, 1.165) is 17.0 Å². The molecule has 1 aromatic heterocycles. The average molecular weight is 416 g/mol. The van der Waals surface area contributed by atoms with E-state index in [1.165, 1.54) is 12.1 Å². The first-order chi connectivity index (χ1) is 15.1. The molecular formula is C23H20N4O4. The number of hydrogen-bond donors (Lipinski definition) is 0. The number of nitro groups is 1. The van der Waals surface area contributed by atoms with Crippen molar-refractivity contribution in [1.29, 1.82) is 0 Å². The van der Waals surface area contributed by atoms with Gasteiger partial charge in [-0.15, -0.1) is 10.2 Å². The minimum absolute atomic E-state index is 0.0111. The fourth-order valence-electron chi connectivity index (χ4n) is 3.16. The molecule has 0 aliphatic heterocycles. The number of nitrogens with zero attached hydrogens (tertiary/aromatic N) is 4. The van der Waals surface area contributed by atoms with Crippen molar-refractivity contribution in [2.75, 3.05) is 12.0 Å². The first-order valence-corrected chi connectivity index (χ1v) is 9.62. The number of nitro benzene ring substituents is 1. The molecule has 0 aliphatic rings. The molecule has 0 spiro atoms. The van der Waals surface area contributed by atoms with Gasteiger partial charge in [0.25, 0.3) is 5.69 Å². The Morgan fingerprint density at radius 1 is 0.935 bits per heavy atom. The highest BCUT2D eigenvalue weighted by atomic mass is 16.6. The fraction of sp³-hybridized carbons (Fsp3) is 0.130. The zero-order valence-corrected chi connectivity index (χ0v) is 16.8. The molecule has 0 bridgehead atoms. The second-order valence-corrected chi connectivity index (χ2v) is 6.84. The number of aromatic nitrogens is 2. The van der Waals surface area contributed by atoms with Gasteiger partial charge in [-0.1, -0.05) is 30.3 Å². The van der Waals surface area contributed by atoms with E-state index in [1.807, 2.05) is 42.5 Å². The lowest BCUT2D eigenvalue weighted by molar-refractivity contribution is -0.384. The molecule has 0 saturated heterocycles. The zero-order valence-electron chi connectivity index (χ0n) is 16.8. The van der Waals surface area contributed by atoms with Gasteiger partial charge in [0.05, 0.1) is 18.6 Å². The van der Waals surface area contributed by atoms with Crippen molar-refractivity contribution in [3.63, 3.8) is 0 Å². The second kappa shape index (κ2) is 9.08. The summed E-state index contributed by atoms with van der Waals surface area (Å²) in [6, 6.07) is 23.9. The molecule has 31 heavy (non-hydrogen) atoms. The lowest BCUT2D eigenvalue weighted by Crippen LogP contribution is -2.22. The van der Waals surface area contributed by atoms with Gasteiger partial charge < -0.3 is 14.1 Å². The highest BCUT2D eigenvalue weighted by Crippen LogP contribution is 2.25. The zero-order chi connectivity index (χ0) is 21.6. The third-order valence-electron chi connectivity index (χ3n) is 4.77. The Bertz CT molecular complexity index is 1140. The Labute approximate surface area is 178 Å². The largest absolute Gasteiger partial charge is 0.497 e. The van der Waals surface area contributed by atoms with Crippen LogP contribution in [0, 0.1) is 10.1 Å². The molecule has 3 aromatic carbocycles. The van der Waals surface area contributed by atoms with Crippen molar-refractivity contribution in [2.45, 2.75) is 13.1 Å². The van der Waals surface area contributed by atoms with E-state index in [0.29, 0.717) is 30.4 Å². The summed E-state index contributed by atoms with van der Waals surface area (Å²) < 4.78 is 11.1. The van der Waals surface area contributed by atoms with Crippen LogP contribution in [0.4, 0.5) is 11.4 Å². The molecular weight excluding hydrogens is 396 g/mol. The number of ether oxygens (including phenoxy) is 1. The molecule has 0 atom stereocenters. The van der Waals surface area contributed by atoms with Crippen molar-refractivity contribution in [3.8, 4) is 17.2 Å². The lowest BCUT2D eigenvalue weighted by atomic mass is 10.2. The van der Waals surface area contributed by atoms with Gasteiger partial charge in [0, 0.05) is 29.9 Å². The van der Waals surface area contributed by atoms with E-state index in [4.69, 9.17) is 9.15 Å². The molecule has 8 nitrogen and oxygen atoms in total. The number of rotatable bonds is 8. The summed E-state index contributed by atoms with van der Waals surface area (Å²) in [4.78, 5) is 12.5. The van der Waals surface area contributed by atoms with Gasteiger partial charge >= 0.3 is 0 Å².